The van der Waals surface area contributed by atoms with Crippen LogP contribution in [-0.4, -0.2) is 37.0 Å². The van der Waals surface area contributed by atoms with Crippen LogP contribution in [-0.2, 0) is 6.54 Å². The molecule has 0 aromatic heterocycles. The van der Waals surface area contributed by atoms with Crippen LogP contribution in [0.4, 0.5) is 5.69 Å². The first kappa shape index (κ1) is 18.5. The maximum atomic E-state index is 12.7. The molecule has 0 radical (unpaired) electrons. The van der Waals surface area contributed by atoms with E-state index in [1.165, 1.54) is 5.56 Å². The molecular weight excluding hydrogens is 322 g/mol. The molecular formula is C22H29N3O. The molecule has 2 aromatic carbocycles. The van der Waals surface area contributed by atoms with E-state index >= 15 is 0 Å². The van der Waals surface area contributed by atoms with Gasteiger partial charge in [0.1, 0.15) is 0 Å². The first-order valence-corrected chi connectivity index (χ1v) is 9.59. The Kier molecular flexibility index (Phi) is 6.29. The number of carbonyl (C=O) groups excluding carboxylic acids is 1. The van der Waals surface area contributed by atoms with Crippen LogP contribution < -0.4 is 10.6 Å². The molecule has 4 heteroatoms. The monoisotopic (exact) mass is 351 g/mol. The summed E-state index contributed by atoms with van der Waals surface area (Å²) in [6.07, 6.45) is 2.03. The van der Waals surface area contributed by atoms with Crippen molar-refractivity contribution < 1.29 is 4.79 Å². The Morgan fingerprint density at radius 1 is 1.08 bits per heavy atom. The zero-order valence-corrected chi connectivity index (χ0v) is 15.6. The fraction of sp³-hybridized carbons (Fsp3) is 0.409. The zero-order chi connectivity index (χ0) is 18.4. The maximum absolute atomic E-state index is 12.7. The summed E-state index contributed by atoms with van der Waals surface area (Å²) < 4.78 is 0. The minimum Gasteiger partial charge on any atom is -0.367 e. The Morgan fingerprint density at radius 2 is 1.73 bits per heavy atom. The second-order valence-electron chi connectivity index (χ2n) is 7.02. The van der Waals surface area contributed by atoms with E-state index in [-0.39, 0.29) is 5.91 Å². The largest absolute Gasteiger partial charge is 0.367 e. The third kappa shape index (κ3) is 4.44. The number of likely N-dealkylation sites (tertiary alicyclic amines) is 1. The van der Waals surface area contributed by atoms with Crippen molar-refractivity contribution in [3.05, 3.63) is 65.7 Å². The summed E-state index contributed by atoms with van der Waals surface area (Å²) in [5.41, 5.74) is 8.95. The average Bonchev–Trinajstić information content (AvgIpc) is 2.72. The predicted molar refractivity (Wildman–Crippen MR) is 107 cm³/mol. The van der Waals surface area contributed by atoms with Crippen molar-refractivity contribution in [2.24, 2.45) is 11.7 Å². The van der Waals surface area contributed by atoms with E-state index < -0.39 is 0 Å². The van der Waals surface area contributed by atoms with E-state index in [4.69, 9.17) is 5.73 Å². The number of piperidine rings is 1. The molecule has 0 unspecified atom stereocenters. The highest BCUT2D eigenvalue weighted by Crippen LogP contribution is 2.21. The van der Waals surface area contributed by atoms with Crippen molar-refractivity contribution in [3.63, 3.8) is 0 Å². The van der Waals surface area contributed by atoms with Gasteiger partial charge in [0.05, 0.1) is 0 Å². The van der Waals surface area contributed by atoms with E-state index in [9.17, 15) is 4.79 Å². The van der Waals surface area contributed by atoms with Gasteiger partial charge in [0, 0.05) is 37.4 Å². The van der Waals surface area contributed by atoms with E-state index in [2.05, 4.69) is 48.2 Å². The molecule has 1 fully saturated rings. The van der Waals surface area contributed by atoms with Crippen molar-refractivity contribution in [1.29, 1.82) is 0 Å². The van der Waals surface area contributed by atoms with E-state index in [0.717, 1.165) is 56.8 Å². The number of amides is 1. The molecule has 1 aliphatic heterocycles. The van der Waals surface area contributed by atoms with Crippen LogP contribution in [0.5, 0.6) is 0 Å². The fourth-order valence-corrected chi connectivity index (χ4v) is 3.56. The highest BCUT2D eigenvalue weighted by atomic mass is 16.2. The summed E-state index contributed by atoms with van der Waals surface area (Å²) in [5.74, 6) is 0.704. The number of nitrogens with two attached hydrogens (primary N) is 1. The number of carbonyl (C=O) groups is 1. The SMILES string of the molecule is CCN(Cc1ccccc1)c1ccc(C(=O)N2CCC(CN)CC2)cc1. The van der Waals surface area contributed by atoms with Gasteiger partial charge in [0.25, 0.3) is 5.91 Å². The van der Waals surface area contributed by atoms with Gasteiger partial charge in [-0.25, -0.2) is 0 Å². The molecule has 1 amide bonds. The predicted octanol–water partition coefficient (Wildman–Crippen LogP) is 3.52. The van der Waals surface area contributed by atoms with Crippen LogP contribution in [0.15, 0.2) is 54.6 Å². The molecule has 2 N–H and O–H groups in total. The van der Waals surface area contributed by atoms with Gasteiger partial charge in [-0.1, -0.05) is 30.3 Å². The highest BCUT2D eigenvalue weighted by molar-refractivity contribution is 5.94. The van der Waals surface area contributed by atoms with Gasteiger partial charge < -0.3 is 15.5 Å². The second-order valence-corrected chi connectivity index (χ2v) is 7.02. The molecule has 0 saturated carbocycles. The maximum Gasteiger partial charge on any atom is 0.253 e. The van der Waals surface area contributed by atoms with Crippen LogP contribution in [0, 0.1) is 5.92 Å². The first-order chi connectivity index (χ1) is 12.7. The third-order valence-corrected chi connectivity index (χ3v) is 5.31. The molecule has 0 spiro atoms. The van der Waals surface area contributed by atoms with Crippen molar-refractivity contribution in [3.8, 4) is 0 Å². The summed E-state index contributed by atoms with van der Waals surface area (Å²) in [5, 5.41) is 0. The minimum absolute atomic E-state index is 0.137. The number of rotatable bonds is 6. The fourth-order valence-electron chi connectivity index (χ4n) is 3.56. The average molecular weight is 351 g/mol. The molecule has 0 bridgehead atoms. The van der Waals surface area contributed by atoms with E-state index in [1.54, 1.807) is 0 Å². The molecule has 26 heavy (non-hydrogen) atoms. The number of nitrogens with zero attached hydrogens (tertiary/aromatic N) is 2. The number of hydrogen-bond acceptors (Lipinski definition) is 3. The molecule has 0 atom stereocenters. The topological polar surface area (TPSA) is 49.6 Å². The quantitative estimate of drug-likeness (QED) is 0.866. The van der Waals surface area contributed by atoms with E-state index in [1.807, 2.05) is 23.1 Å². The molecule has 1 aliphatic rings. The summed E-state index contributed by atoms with van der Waals surface area (Å²) >= 11 is 0. The molecule has 1 heterocycles. The Bertz CT molecular complexity index is 691. The van der Waals surface area contributed by atoms with Crippen LogP contribution in [0.1, 0.15) is 35.7 Å². The third-order valence-electron chi connectivity index (χ3n) is 5.31. The van der Waals surface area contributed by atoms with Crippen LogP contribution in [0.3, 0.4) is 0 Å². The zero-order valence-electron chi connectivity index (χ0n) is 15.6. The van der Waals surface area contributed by atoms with Crippen molar-refractivity contribution in [2.45, 2.75) is 26.3 Å². The molecule has 138 valence electrons. The molecule has 1 saturated heterocycles. The first-order valence-electron chi connectivity index (χ1n) is 9.59. The van der Waals surface area contributed by atoms with Gasteiger partial charge in [-0.2, -0.15) is 0 Å². The van der Waals surface area contributed by atoms with Gasteiger partial charge in [-0.3, -0.25) is 4.79 Å². The lowest BCUT2D eigenvalue weighted by Crippen LogP contribution is -2.40. The second kappa shape index (κ2) is 8.86. The lowest BCUT2D eigenvalue weighted by atomic mass is 9.96. The minimum atomic E-state index is 0.137. The summed E-state index contributed by atoms with van der Waals surface area (Å²) in [6, 6.07) is 18.5. The summed E-state index contributed by atoms with van der Waals surface area (Å²) in [6.45, 7) is 6.32. The van der Waals surface area contributed by atoms with Gasteiger partial charge in [0.2, 0.25) is 0 Å². The number of benzene rings is 2. The van der Waals surface area contributed by atoms with Crippen molar-refractivity contribution in [2.75, 3.05) is 31.1 Å². The van der Waals surface area contributed by atoms with E-state index in [0.29, 0.717) is 5.92 Å². The standard InChI is InChI=1S/C22H29N3O/c1-2-24(17-19-6-4-3-5-7-19)21-10-8-20(9-11-21)22(26)25-14-12-18(16-23)13-15-25/h3-11,18H,2,12-17,23H2,1H3. The Balaban J connectivity index is 1.64. The van der Waals surface area contributed by atoms with Gasteiger partial charge in [0.15, 0.2) is 0 Å². The summed E-state index contributed by atoms with van der Waals surface area (Å²) in [4.78, 5) is 17.0. The smallest absolute Gasteiger partial charge is 0.253 e. The van der Waals surface area contributed by atoms with Crippen LogP contribution in [0.25, 0.3) is 0 Å². The Hall–Kier alpha value is -2.33. The normalized spacial score (nSPS) is 15.1. The molecule has 2 aromatic rings. The number of anilines is 1. The lowest BCUT2D eigenvalue weighted by molar-refractivity contribution is 0.0693. The highest BCUT2D eigenvalue weighted by Gasteiger charge is 2.22. The van der Waals surface area contributed by atoms with Crippen molar-refractivity contribution in [1.82, 2.24) is 4.90 Å². The Morgan fingerprint density at radius 3 is 2.31 bits per heavy atom. The van der Waals surface area contributed by atoms with Gasteiger partial charge in [-0.05, 0) is 62.1 Å². The van der Waals surface area contributed by atoms with Crippen LogP contribution in [0.2, 0.25) is 0 Å². The molecule has 4 nitrogen and oxygen atoms in total. The van der Waals surface area contributed by atoms with Crippen LogP contribution >= 0.6 is 0 Å². The molecule has 3 rings (SSSR count). The summed E-state index contributed by atoms with van der Waals surface area (Å²) in [7, 11) is 0. The Labute approximate surface area is 156 Å². The van der Waals surface area contributed by atoms with Crippen molar-refractivity contribution >= 4 is 11.6 Å². The molecule has 0 aliphatic carbocycles. The lowest BCUT2D eigenvalue weighted by Gasteiger charge is -2.31. The van der Waals surface area contributed by atoms with Gasteiger partial charge >= 0.3 is 0 Å². The number of hydrogen-bond donors (Lipinski definition) is 1. The van der Waals surface area contributed by atoms with Gasteiger partial charge in [-0.15, -0.1) is 0 Å².